The monoisotopic (exact) mass is 331 g/mol. The predicted molar refractivity (Wildman–Crippen MR) is 91.1 cm³/mol. The van der Waals surface area contributed by atoms with Crippen LogP contribution in [0.1, 0.15) is 32.8 Å². The topological polar surface area (TPSA) is 92.9 Å². The van der Waals surface area contributed by atoms with Gasteiger partial charge in [-0.25, -0.2) is 0 Å². The fourth-order valence-electron chi connectivity index (χ4n) is 2.43. The van der Waals surface area contributed by atoms with Gasteiger partial charge in [-0.3, -0.25) is 4.79 Å². The molecule has 0 saturated carbocycles. The maximum atomic E-state index is 12.1. The van der Waals surface area contributed by atoms with Gasteiger partial charge >= 0.3 is 0 Å². The van der Waals surface area contributed by atoms with Crippen LogP contribution in [-0.4, -0.2) is 43.9 Å². The number of amides is 1. The molecule has 0 aliphatic carbocycles. The van der Waals surface area contributed by atoms with E-state index in [-0.39, 0.29) is 30.5 Å². The van der Waals surface area contributed by atoms with E-state index in [9.17, 15) is 9.90 Å². The molecule has 2 aromatic rings. The standard InChI is InChI=1S/C17H25N5O2/c1-12-5-7-13(8-6-12)16-19-21-22(20-16)10-15(24)18-14(11-23)9-17(2,3)4/h5-8,14,23H,9-11H2,1-4H3,(H,18,24). The summed E-state index contributed by atoms with van der Waals surface area (Å²) in [6.45, 7) is 8.08. The molecule has 130 valence electrons. The number of nitrogens with one attached hydrogen (secondary N) is 1. The molecular formula is C17H25N5O2. The zero-order chi connectivity index (χ0) is 17.7. The van der Waals surface area contributed by atoms with Crippen molar-refractivity contribution in [3.05, 3.63) is 29.8 Å². The molecule has 24 heavy (non-hydrogen) atoms. The Hall–Kier alpha value is -2.28. The Morgan fingerprint density at radius 1 is 1.29 bits per heavy atom. The van der Waals surface area contributed by atoms with Crippen molar-refractivity contribution < 1.29 is 9.90 Å². The minimum absolute atomic E-state index is 0.0186. The van der Waals surface area contributed by atoms with Crippen LogP contribution < -0.4 is 5.32 Å². The van der Waals surface area contributed by atoms with Gasteiger partial charge in [0.2, 0.25) is 11.7 Å². The van der Waals surface area contributed by atoms with Crippen molar-refractivity contribution in [3.8, 4) is 11.4 Å². The van der Waals surface area contributed by atoms with Gasteiger partial charge < -0.3 is 10.4 Å². The van der Waals surface area contributed by atoms with E-state index in [0.29, 0.717) is 12.2 Å². The zero-order valence-corrected chi connectivity index (χ0v) is 14.7. The van der Waals surface area contributed by atoms with Crippen molar-refractivity contribution >= 4 is 5.91 Å². The molecule has 2 rings (SSSR count). The number of rotatable bonds is 6. The van der Waals surface area contributed by atoms with Gasteiger partial charge in [-0.05, 0) is 24.0 Å². The maximum Gasteiger partial charge on any atom is 0.243 e. The second-order valence-corrected chi connectivity index (χ2v) is 7.22. The summed E-state index contributed by atoms with van der Waals surface area (Å²) in [5.41, 5.74) is 2.03. The van der Waals surface area contributed by atoms with Crippen molar-refractivity contribution in [2.24, 2.45) is 5.41 Å². The van der Waals surface area contributed by atoms with Gasteiger partial charge in [0.1, 0.15) is 6.54 Å². The summed E-state index contributed by atoms with van der Waals surface area (Å²) in [5, 5.41) is 24.3. The van der Waals surface area contributed by atoms with Crippen LogP contribution in [-0.2, 0) is 11.3 Å². The molecule has 1 aromatic carbocycles. The summed E-state index contributed by atoms with van der Waals surface area (Å²) >= 11 is 0. The van der Waals surface area contributed by atoms with E-state index in [1.54, 1.807) is 0 Å². The molecule has 7 nitrogen and oxygen atoms in total. The summed E-state index contributed by atoms with van der Waals surface area (Å²) in [6.07, 6.45) is 0.689. The van der Waals surface area contributed by atoms with E-state index < -0.39 is 0 Å². The number of benzene rings is 1. The second kappa shape index (κ2) is 7.53. The van der Waals surface area contributed by atoms with Crippen LogP contribution in [0.25, 0.3) is 11.4 Å². The molecule has 2 N–H and O–H groups in total. The van der Waals surface area contributed by atoms with Crippen LogP contribution in [0, 0.1) is 12.3 Å². The SMILES string of the molecule is Cc1ccc(-c2nnn(CC(=O)NC(CO)CC(C)(C)C)n2)cc1. The number of aliphatic hydroxyl groups excluding tert-OH is 1. The van der Waals surface area contributed by atoms with Crippen LogP contribution >= 0.6 is 0 Å². The maximum absolute atomic E-state index is 12.1. The summed E-state index contributed by atoms with van der Waals surface area (Å²) in [7, 11) is 0. The largest absolute Gasteiger partial charge is 0.394 e. The third kappa shape index (κ3) is 5.42. The number of hydrogen-bond donors (Lipinski definition) is 2. The highest BCUT2D eigenvalue weighted by atomic mass is 16.3. The summed E-state index contributed by atoms with van der Waals surface area (Å²) < 4.78 is 0. The van der Waals surface area contributed by atoms with Gasteiger partial charge in [0.25, 0.3) is 0 Å². The predicted octanol–water partition coefficient (Wildman–Crippen LogP) is 1.56. The first-order valence-electron chi connectivity index (χ1n) is 8.02. The average molecular weight is 331 g/mol. The van der Waals surface area contributed by atoms with E-state index in [4.69, 9.17) is 0 Å². The lowest BCUT2D eigenvalue weighted by Gasteiger charge is -2.25. The molecule has 1 amide bonds. The Labute approximate surface area is 142 Å². The minimum atomic E-state index is -0.280. The number of aryl methyl sites for hydroxylation is 1. The molecule has 1 heterocycles. The highest BCUT2D eigenvalue weighted by Crippen LogP contribution is 2.20. The van der Waals surface area contributed by atoms with E-state index in [1.165, 1.54) is 4.80 Å². The molecule has 0 bridgehead atoms. The Kier molecular flexibility index (Phi) is 5.66. The fourth-order valence-corrected chi connectivity index (χ4v) is 2.43. The quantitative estimate of drug-likeness (QED) is 0.838. The molecule has 1 aromatic heterocycles. The van der Waals surface area contributed by atoms with Crippen molar-refractivity contribution in [2.45, 2.75) is 46.7 Å². The molecule has 0 saturated heterocycles. The van der Waals surface area contributed by atoms with Gasteiger partial charge in [-0.2, -0.15) is 4.80 Å². The van der Waals surface area contributed by atoms with Crippen LogP contribution in [0.4, 0.5) is 0 Å². The van der Waals surface area contributed by atoms with Crippen LogP contribution in [0.5, 0.6) is 0 Å². The summed E-state index contributed by atoms with van der Waals surface area (Å²) in [4.78, 5) is 13.4. The number of hydrogen-bond acceptors (Lipinski definition) is 5. The van der Waals surface area contributed by atoms with Gasteiger partial charge in [-0.15, -0.1) is 10.2 Å². The van der Waals surface area contributed by atoms with Crippen molar-refractivity contribution in [1.82, 2.24) is 25.5 Å². The summed E-state index contributed by atoms with van der Waals surface area (Å²) in [6, 6.07) is 7.50. The number of aliphatic hydroxyl groups is 1. The van der Waals surface area contributed by atoms with E-state index in [1.807, 2.05) is 31.2 Å². The van der Waals surface area contributed by atoms with Crippen LogP contribution in [0.3, 0.4) is 0 Å². The van der Waals surface area contributed by atoms with Gasteiger partial charge in [0.05, 0.1) is 12.6 Å². The van der Waals surface area contributed by atoms with Crippen LogP contribution in [0.2, 0.25) is 0 Å². The molecule has 0 radical (unpaired) electrons. The fraction of sp³-hybridized carbons (Fsp3) is 0.529. The molecular weight excluding hydrogens is 306 g/mol. The first-order valence-corrected chi connectivity index (χ1v) is 8.02. The minimum Gasteiger partial charge on any atom is -0.394 e. The van der Waals surface area contributed by atoms with Gasteiger partial charge in [0.15, 0.2) is 0 Å². The number of carbonyl (C=O) groups excluding carboxylic acids is 1. The Balaban J connectivity index is 1.96. The Bertz CT molecular complexity index is 673. The first-order chi connectivity index (χ1) is 11.3. The Morgan fingerprint density at radius 2 is 1.96 bits per heavy atom. The lowest BCUT2D eigenvalue weighted by molar-refractivity contribution is -0.123. The smallest absolute Gasteiger partial charge is 0.243 e. The lowest BCUT2D eigenvalue weighted by atomic mass is 9.88. The highest BCUT2D eigenvalue weighted by Gasteiger charge is 2.20. The van der Waals surface area contributed by atoms with Gasteiger partial charge in [0, 0.05) is 5.56 Å². The van der Waals surface area contributed by atoms with E-state index in [0.717, 1.165) is 11.1 Å². The third-order valence-corrected chi connectivity index (χ3v) is 3.49. The number of nitrogens with zero attached hydrogens (tertiary/aromatic N) is 4. The van der Waals surface area contributed by atoms with Crippen molar-refractivity contribution in [2.75, 3.05) is 6.61 Å². The van der Waals surface area contributed by atoms with Crippen LogP contribution in [0.15, 0.2) is 24.3 Å². The average Bonchev–Trinajstić information content (AvgIpc) is 2.94. The first kappa shape index (κ1) is 18.1. The number of tetrazole rings is 1. The van der Waals surface area contributed by atoms with Gasteiger partial charge in [-0.1, -0.05) is 50.6 Å². The highest BCUT2D eigenvalue weighted by molar-refractivity contribution is 5.75. The van der Waals surface area contributed by atoms with E-state index >= 15 is 0 Å². The molecule has 0 fully saturated rings. The van der Waals surface area contributed by atoms with E-state index in [2.05, 4.69) is 41.5 Å². The normalized spacial score (nSPS) is 12.9. The molecule has 1 atom stereocenters. The summed E-state index contributed by atoms with van der Waals surface area (Å²) in [5.74, 6) is 0.238. The molecule has 0 aliphatic heterocycles. The second-order valence-electron chi connectivity index (χ2n) is 7.22. The number of carbonyl (C=O) groups is 1. The van der Waals surface area contributed by atoms with Crippen molar-refractivity contribution in [1.29, 1.82) is 0 Å². The molecule has 0 spiro atoms. The third-order valence-electron chi connectivity index (χ3n) is 3.49. The molecule has 0 aliphatic rings. The lowest BCUT2D eigenvalue weighted by Crippen LogP contribution is -2.41. The molecule has 1 unspecified atom stereocenters. The Morgan fingerprint density at radius 3 is 2.54 bits per heavy atom. The van der Waals surface area contributed by atoms with Crippen molar-refractivity contribution in [3.63, 3.8) is 0 Å². The zero-order valence-electron chi connectivity index (χ0n) is 14.7. The molecule has 7 heteroatoms. The number of aromatic nitrogens is 4.